The average molecular weight is 303 g/mol. The number of hydrogen-bond donors (Lipinski definition) is 2. The fraction of sp³-hybridized carbons (Fsp3) is 0.429. The molecule has 0 radical (unpaired) electrons. The molecule has 1 aromatic rings. The number of carbonyl (C=O) groups is 2. The molecule has 0 aliphatic carbocycles. The quantitative estimate of drug-likeness (QED) is 0.878. The molecule has 2 N–H and O–H groups in total. The maximum Gasteiger partial charge on any atom is 0.416 e. The lowest BCUT2D eigenvalue weighted by atomic mass is 9.99. The molecule has 0 aromatic heterocycles. The van der Waals surface area contributed by atoms with Crippen molar-refractivity contribution in [3.8, 4) is 0 Å². The van der Waals surface area contributed by atoms with Crippen molar-refractivity contribution in [1.82, 2.24) is 5.32 Å². The summed E-state index contributed by atoms with van der Waals surface area (Å²) in [4.78, 5) is 22.4. The van der Waals surface area contributed by atoms with Gasteiger partial charge in [-0.2, -0.15) is 13.2 Å². The number of alkyl halides is 3. The van der Waals surface area contributed by atoms with Gasteiger partial charge in [0.25, 0.3) is 0 Å². The standard InChI is InChI=1S/C14H16F3NO3/c1-8(12(19)18-9(2)13(20)21)7-10-3-5-11(6-4-10)14(15,16)17/h3-6,8-9H,7H2,1-2H3,(H,18,19)(H,20,21). The van der Waals surface area contributed by atoms with E-state index in [-0.39, 0.29) is 6.42 Å². The van der Waals surface area contributed by atoms with Crippen LogP contribution in [0.15, 0.2) is 24.3 Å². The zero-order chi connectivity index (χ0) is 16.2. The van der Waals surface area contributed by atoms with Crippen molar-refractivity contribution in [2.75, 3.05) is 0 Å². The Morgan fingerprint density at radius 3 is 2.14 bits per heavy atom. The summed E-state index contributed by atoms with van der Waals surface area (Å²) < 4.78 is 37.2. The van der Waals surface area contributed by atoms with Gasteiger partial charge in [-0.1, -0.05) is 19.1 Å². The molecular weight excluding hydrogens is 287 g/mol. The summed E-state index contributed by atoms with van der Waals surface area (Å²) in [5.41, 5.74) is -0.170. The predicted molar refractivity (Wildman–Crippen MR) is 69.6 cm³/mol. The molecule has 4 nitrogen and oxygen atoms in total. The van der Waals surface area contributed by atoms with Gasteiger partial charge in [0.15, 0.2) is 0 Å². The van der Waals surface area contributed by atoms with Crippen LogP contribution in [-0.4, -0.2) is 23.0 Å². The van der Waals surface area contributed by atoms with Gasteiger partial charge in [0.2, 0.25) is 5.91 Å². The van der Waals surface area contributed by atoms with Crippen molar-refractivity contribution in [3.05, 3.63) is 35.4 Å². The molecule has 0 spiro atoms. The van der Waals surface area contributed by atoms with Crippen LogP contribution in [0.3, 0.4) is 0 Å². The Balaban J connectivity index is 2.64. The van der Waals surface area contributed by atoms with Crippen LogP contribution in [-0.2, 0) is 22.2 Å². The minimum absolute atomic E-state index is 0.232. The van der Waals surface area contributed by atoms with E-state index >= 15 is 0 Å². The third-order valence-electron chi connectivity index (χ3n) is 3.00. The number of halogens is 3. The maximum atomic E-state index is 12.4. The second kappa shape index (κ2) is 6.60. The number of amides is 1. The molecular formula is C14H16F3NO3. The Morgan fingerprint density at radius 2 is 1.71 bits per heavy atom. The molecule has 0 aliphatic heterocycles. The minimum Gasteiger partial charge on any atom is -0.480 e. The largest absolute Gasteiger partial charge is 0.480 e. The van der Waals surface area contributed by atoms with E-state index in [2.05, 4.69) is 5.32 Å². The second-order valence-electron chi connectivity index (χ2n) is 4.87. The highest BCUT2D eigenvalue weighted by Crippen LogP contribution is 2.29. The van der Waals surface area contributed by atoms with E-state index in [0.29, 0.717) is 5.56 Å². The van der Waals surface area contributed by atoms with Gasteiger partial charge < -0.3 is 10.4 Å². The maximum absolute atomic E-state index is 12.4. The number of benzene rings is 1. The Kier molecular flexibility index (Phi) is 5.34. The van der Waals surface area contributed by atoms with Crippen molar-refractivity contribution in [2.45, 2.75) is 32.5 Å². The molecule has 0 saturated heterocycles. The molecule has 0 saturated carbocycles. The minimum atomic E-state index is -4.39. The van der Waals surface area contributed by atoms with Crippen LogP contribution in [0.25, 0.3) is 0 Å². The number of carbonyl (C=O) groups excluding carboxylic acids is 1. The van der Waals surface area contributed by atoms with Gasteiger partial charge in [0.1, 0.15) is 6.04 Å². The van der Waals surface area contributed by atoms with E-state index < -0.39 is 35.6 Å². The topological polar surface area (TPSA) is 66.4 Å². The monoisotopic (exact) mass is 303 g/mol. The van der Waals surface area contributed by atoms with Crippen LogP contribution in [0, 0.1) is 5.92 Å². The molecule has 116 valence electrons. The van der Waals surface area contributed by atoms with Gasteiger partial charge in [0, 0.05) is 5.92 Å². The molecule has 1 aromatic carbocycles. The summed E-state index contributed by atoms with van der Waals surface area (Å²) in [6.45, 7) is 2.92. The van der Waals surface area contributed by atoms with Gasteiger partial charge in [-0.25, -0.2) is 0 Å². The summed E-state index contributed by atoms with van der Waals surface area (Å²) in [6, 6.07) is 3.53. The number of carboxylic acid groups (broad SMARTS) is 1. The highest BCUT2D eigenvalue weighted by molar-refractivity contribution is 5.84. The predicted octanol–water partition coefficient (Wildman–Crippen LogP) is 2.47. The van der Waals surface area contributed by atoms with Crippen molar-refractivity contribution >= 4 is 11.9 Å². The molecule has 0 fully saturated rings. The van der Waals surface area contributed by atoms with E-state index in [1.807, 2.05) is 0 Å². The summed E-state index contributed by atoms with van der Waals surface area (Å²) in [7, 11) is 0. The number of aliphatic carboxylic acids is 1. The van der Waals surface area contributed by atoms with E-state index in [0.717, 1.165) is 12.1 Å². The lowest BCUT2D eigenvalue weighted by molar-refractivity contribution is -0.141. The first-order chi connectivity index (χ1) is 9.61. The van der Waals surface area contributed by atoms with Crippen LogP contribution < -0.4 is 5.32 Å². The Labute approximate surface area is 120 Å². The van der Waals surface area contributed by atoms with Crippen molar-refractivity contribution < 1.29 is 27.9 Å². The molecule has 21 heavy (non-hydrogen) atoms. The number of carboxylic acids is 1. The van der Waals surface area contributed by atoms with Gasteiger partial charge in [-0.15, -0.1) is 0 Å². The number of nitrogens with one attached hydrogen (secondary N) is 1. The summed E-state index contributed by atoms with van der Waals surface area (Å²) in [5, 5.41) is 11.0. The first-order valence-electron chi connectivity index (χ1n) is 6.30. The SMILES string of the molecule is CC(Cc1ccc(C(F)(F)F)cc1)C(=O)NC(C)C(=O)O. The smallest absolute Gasteiger partial charge is 0.416 e. The third-order valence-corrected chi connectivity index (χ3v) is 3.00. The molecule has 0 aliphatic rings. The van der Waals surface area contributed by atoms with Gasteiger partial charge in [-0.3, -0.25) is 9.59 Å². The van der Waals surface area contributed by atoms with E-state index in [4.69, 9.17) is 5.11 Å². The highest BCUT2D eigenvalue weighted by Gasteiger charge is 2.30. The lowest BCUT2D eigenvalue weighted by Gasteiger charge is -2.15. The first-order valence-corrected chi connectivity index (χ1v) is 6.30. The second-order valence-corrected chi connectivity index (χ2v) is 4.87. The van der Waals surface area contributed by atoms with E-state index in [1.54, 1.807) is 6.92 Å². The van der Waals surface area contributed by atoms with Crippen molar-refractivity contribution in [1.29, 1.82) is 0 Å². The zero-order valence-electron chi connectivity index (χ0n) is 11.6. The molecule has 2 atom stereocenters. The molecule has 7 heteroatoms. The Hall–Kier alpha value is -2.05. The van der Waals surface area contributed by atoms with Crippen molar-refractivity contribution in [2.24, 2.45) is 5.92 Å². The fourth-order valence-corrected chi connectivity index (χ4v) is 1.69. The summed E-state index contributed by atoms with van der Waals surface area (Å²) in [5.74, 6) is -2.14. The molecule has 1 rings (SSSR count). The summed E-state index contributed by atoms with van der Waals surface area (Å²) >= 11 is 0. The number of hydrogen-bond acceptors (Lipinski definition) is 2. The van der Waals surface area contributed by atoms with Crippen LogP contribution in [0.4, 0.5) is 13.2 Å². The molecule has 0 bridgehead atoms. The summed E-state index contributed by atoms with van der Waals surface area (Å²) in [6.07, 6.45) is -4.16. The molecule has 2 unspecified atom stereocenters. The lowest BCUT2D eigenvalue weighted by Crippen LogP contribution is -2.41. The Bertz CT molecular complexity index is 511. The van der Waals surface area contributed by atoms with E-state index in [1.165, 1.54) is 19.1 Å². The van der Waals surface area contributed by atoms with Gasteiger partial charge in [-0.05, 0) is 31.0 Å². The molecule has 0 heterocycles. The molecule has 1 amide bonds. The highest BCUT2D eigenvalue weighted by atomic mass is 19.4. The van der Waals surface area contributed by atoms with Crippen molar-refractivity contribution in [3.63, 3.8) is 0 Å². The van der Waals surface area contributed by atoms with E-state index in [9.17, 15) is 22.8 Å². The third kappa shape index (κ3) is 5.09. The normalized spacial score (nSPS) is 14.3. The van der Waals surface area contributed by atoms with Crippen LogP contribution >= 0.6 is 0 Å². The van der Waals surface area contributed by atoms with Gasteiger partial charge in [0.05, 0.1) is 5.56 Å². The van der Waals surface area contributed by atoms with Crippen LogP contribution in [0.1, 0.15) is 25.0 Å². The zero-order valence-corrected chi connectivity index (χ0v) is 11.6. The van der Waals surface area contributed by atoms with Gasteiger partial charge >= 0.3 is 12.1 Å². The van der Waals surface area contributed by atoms with Crippen LogP contribution in [0.5, 0.6) is 0 Å². The Morgan fingerprint density at radius 1 is 1.19 bits per heavy atom. The first kappa shape index (κ1) is 17.0. The average Bonchev–Trinajstić information content (AvgIpc) is 2.37. The number of rotatable bonds is 5. The van der Waals surface area contributed by atoms with Crippen LogP contribution in [0.2, 0.25) is 0 Å². The fourth-order valence-electron chi connectivity index (χ4n) is 1.69.